The van der Waals surface area contributed by atoms with Gasteiger partial charge in [-0.05, 0) is 62.8 Å². The van der Waals surface area contributed by atoms with Crippen molar-refractivity contribution in [3.63, 3.8) is 0 Å². The Hall–Kier alpha value is -0.120. The summed E-state index contributed by atoms with van der Waals surface area (Å²) in [5.74, 6) is 2.32. The molecule has 1 heterocycles. The van der Waals surface area contributed by atoms with Gasteiger partial charge in [-0.15, -0.1) is 0 Å². The zero-order valence-corrected chi connectivity index (χ0v) is 13.4. The van der Waals surface area contributed by atoms with Crippen LogP contribution in [0.1, 0.15) is 58.8 Å². The van der Waals surface area contributed by atoms with Crippen molar-refractivity contribution in [3.8, 4) is 0 Å². The van der Waals surface area contributed by atoms with E-state index >= 15 is 0 Å². The number of likely N-dealkylation sites (tertiary alicyclic amines) is 1. The van der Waals surface area contributed by atoms with E-state index in [0.29, 0.717) is 24.6 Å². The predicted molar refractivity (Wildman–Crippen MR) is 84.6 cm³/mol. The van der Waals surface area contributed by atoms with Gasteiger partial charge >= 0.3 is 0 Å². The first-order valence-electron chi connectivity index (χ1n) is 8.72. The highest BCUT2D eigenvalue weighted by Crippen LogP contribution is 2.34. The molecule has 3 N–H and O–H groups in total. The van der Waals surface area contributed by atoms with Crippen LogP contribution in [0.3, 0.4) is 0 Å². The number of nitrogens with zero attached hydrogens (tertiary/aromatic N) is 1. The van der Waals surface area contributed by atoms with E-state index in [9.17, 15) is 5.11 Å². The van der Waals surface area contributed by atoms with Crippen LogP contribution in [0.2, 0.25) is 0 Å². The average molecular weight is 282 g/mol. The van der Waals surface area contributed by atoms with Gasteiger partial charge in [0.05, 0.1) is 0 Å². The number of hydrogen-bond donors (Lipinski definition) is 2. The lowest BCUT2D eigenvalue weighted by molar-refractivity contribution is 0.0733. The summed E-state index contributed by atoms with van der Waals surface area (Å²) in [5.41, 5.74) is 6.40. The SMILES string of the molecule is CC(C)C1CCC(N)C(CN2CCCCC2CCO)C1. The molecule has 20 heavy (non-hydrogen) atoms. The van der Waals surface area contributed by atoms with Gasteiger partial charge < -0.3 is 10.8 Å². The maximum atomic E-state index is 9.26. The Kier molecular flexibility index (Phi) is 6.31. The number of aliphatic hydroxyl groups excluding tert-OH is 1. The first-order valence-corrected chi connectivity index (χ1v) is 8.72. The van der Waals surface area contributed by atoms with E-state index in [1.165, 1.54) is 45.1 Å². The molecule has 0 aromatic heterocycles. The van der Waals surface area contributed by atoms with E-state index in [4.69, 9.17) is 5.73 Å². The summed E-state index contributed by atoms with van der Waals surface area (Å²) >= 11 is 0. The standard InChI is InChI=1S/C17H34N2O/c1-13(2)14-6-7-17(18)15(11-14)12-19-9-4-3-5-16(19)8-10-20/h13-17,20H,3-12,18H2,1-2H3. The monoisotopic (exact) mass is 282 g/mol. The number of piperidine rings is 1. The molecule has 118 valence electrons. The van der Waals surface area contributed by atoms with Crippen molar-refractivity contribution in [1.29, 1.82) is 0 Å². The predicted octanol–water partition coefficient (Wildman–Crippen LogP) is 2.62. The molecule has 3 heteroatoms. The molecule has 0 aromatic carbocycles. The first-order chi connectivity index (χ1) is 9.61. The fourth-order valence-corrected chi connectivity index (χ4v) is 4.22. The second kappa shape index (κ2) is 7.77. The second-order valence-electron chi connectivity index (χ2n) is 7.40. The second-order valence-corrected chi connectivity index (χ2v) is 7.40. The van der Waals surface area contributed by atoms with E-state index in [1.807, 2.05) is 0 Å². The van der Waals surface area contributed by atoms with Crippen LogP contribution in [0.25, 0.3) is 0 Å². The Morgan fingerprint density at radius 1 is 1.20 bits per heavy atom. The van der Waals surface area contributed by atoms with Crippen LogP contribution >= 0.6 is 0 Å². The number of aliphatic hydroxyl groups is 1. The Morgan fingerprint density at radius 3 is 2.70 bits per heavy atom. The minimum absolute atomic E-state index is 0.326. The van der Waals surface area contributed by atoms with E-state index in [1.54, 1.807) is 0 Å². The number of rotatable bonds is 5. The third-order valence-corrected chi connectivity index (χ3v) is 5.71. The minimum atomic E-state index is 0.326. The zero-order valence-electron chi connectivity index (χ0n) is 13.4. The molecule has 4 unspecified atom stereocenters. The Labute approximate surface area is 124 Å². The molecule has 1 saturated heterocycles. The summed E-state index contributed by atoms with van der Waals surface area (Å²) in [6.45, 7) is 7.41. The van der Waals surface area contributed by atoms with Gasteiger partial charge in [-0.3, -0.25) is 4.90 Å². The highest BCUT2D eigenvalue weighted by Gasteiger charge is 2.32. The molecule has 1 aliphatic carbocycles. The molecule has 0 amide bonds. The van der Waals surface area contributed by atoms with Crippen molar-refractivity contribution in [2.24, 2.45) is 23.5 Å². The molecular formula is C17H34N2O. The van der Waals surface area contributed by atoms with E-state index < -0.39 is 0 Å². The van der Waals surface area contributed by atoms with Gasteiger partial charge in [-0.2, -0.15) is 0 Å². The topological polar surface area (TPSA) is 49.5 Å². The summed E-state index contributed by atoms with van der Waals surface area (Å²) in [6.07, 6.45) is 8.66. The summed E-state index contributed by atoms with van der Waals surface area (Å²) < 4.78 is 0. The molecule has 1 saturated carbocycles. The van der Waals surface area contributed by atoms with Crippen LogP contribution in [0.4, 0.5) is 0 Å². The largest absolute Gasteiger partial charge is 0.396 e. The van der Waals surface area contributed by atoms with Gasteiger partial charge in [-0.25, -0.2) is 0 Å². The van der Waals surface area contributed by atoms with Crippen LogP contribution in [0, 0.1) is 17.8 Å². The highest BCUT2D eigenvalue weighted by atomic mass is 16.3. The van der Waals surface area contributed by atoms with Crippen molar-refractivity contribution >= 4 is 0 Å². The lowest BCUT2D eigenvalue weighted by Crippen LogP contribution is -2.48. The van der Waals surface area contributed by atoms with Crippen molar-refractivity contribution < 1.29 is 5.11 Å². The fraction of sp³-hybridized carbons (Fsp3) is 1.00. The molecule has 3 nitrogen and oxygen atoms in total. The first kappa shape index (κ1) is 16.3. The molecule has 2 rings (SSSR count). The molecule has 0 bridgehead atoms. The van der Waals surface area contributed by atoms with Crippen LogP contribution in [-0.4, -0.2) is 41.8 Å². The molecule has 2 aliphatic rings. The molecular weight excluding hydrogens is 248 g/mol. The third kappa shape index (κ3) is 4.19. The molecule has 1 aliphatic heterocycles. The van der Waals surface area contributed by atoms with Gasteiger partial charge in [-0.1, -0.05) is 20.3 Å². The van der Waals surface area contributed by atoms with Crippen molar-refractivity contribution in [2.45, 2.75) is 70.9 Å². The van der Waals surface area contributed by atoms with Gasteiger partial charge in [0.15, 0.2) is 0 Å². The normalized spacial score (nSPS) is 36.5. The van der Waals surface area contributed by atoms with Crippen LogP contribution in [0.5, 0.6) is 0 Å². The quantitative estimate of drug-likeness (QED) is 0.815. The van der Waals surface area contributed by atoms with E-state index in [-0.39, 0.29) is 0 Å². The molecule has 4 atom stereocenters. The van der Waals surface area contributed by atoms with Crippen molar-refractivity contribution in [3.05, 3.63) is 0 Å². The molecule has 0 radical (unpaired) electrons. The Morgan fingerprint density at radius 2 is 2.00 bits per heavy atom. The number of hydrogen-bond acceptors (Lipinski definition) is 3. The van der Waals surface area contributed by atoms with E-state index in [0.717, 1.165) is 24.8 Å². The van der Waals surface area contributed by atoms with Gasteiger partial charge in [0, 0.05) is 25.2 Å². The average Bonchev–Trinajstić information content (AvgIpc) is 2.43. The summed E-state index contributed by atoms with van der Waals surface area (Å²) in [6, 6.07) is 0.988. The Bertz CT molecular complexity index is 280. The lowest BCUT2D eigenvalue weighted by atomic mass is 9.73. The Balaban J connectivity index is 1.91. The van der Waals surface area contributed by atoms with Gasteiger partial charge in [0.25, 0.3) is 0 Å². The maximum Gasteiger partial charge on any atom is 0.0445 e. The number of nitrogens with two attached hydrogens (primary N) is 1. The van der Waals surface area contributed by atoms with Crippen LogP contribution in [0.15, 0.2) is 0 Å². The maximum absolute atomic E-state index is 9.26. The van der Waals surface area contributed by atoms with Crippen LogP contribution in [-0.2, 0) is 0 Å². The fourth-order valence-electron chi connectivity index (χ4n) is 4.22. The smallest absolute Gasteiger partial charge is 0.0445 e. The van der Waals surface area contributed by atoms with E-state index in [2.05, 4.69) is 18.7 Å². The lowest BCUT2D eigenvalue weighted by Gasteiger charge is -2.42. The minimum Gasteiger partial charge on any atom is -0.396 e. The summed E-state index contributed by atoms with van der Waals surface area (Å²) in [7, 11) is 0. The summed E-state index contributed by atoms with van der Waals surface area (Å²) in [4.78, 5) is 2.63. The van der Waals surface area contributed by atoms with Crippen LogP contribution < -0.4 is 5.73 Å². The van der Waals surface area contributed by atoms with Crippen molar-refractivity contribution in [2.75, 3.05) is 19.7 Å². The molecule has 0 aromatic rings. The van der Waals surface area contributed by atoms with Gasteiger partial charge in [0.2, 0.25) is 0 Å². The van der Waals surface area contributed by atoms with Crippen molar-refractivity contribution in [1.82, 2.24) is 4.90 Å². The molecule has 2 fully saturated rings. The third-order valence-electron chi connectivity index (χ3n) is 5.71. The summed E-state index contributed by atoms with van der Waals surface area (Å²) in [5, 5.41) is 9.26. The zero-order chi connectivity index (χ0) is 14.5. The molecule has 0 spiro atoms. The van der Waals surface area contributed by atoms with Gasteiger partial charge in [0.1, 0.15) is 0 Å². The highest BCUT2D eigenvalue weighted by molar-refractivity contribution is 4.88.